The molecular weight excluding hydrogens is 302 g/mol. The summed E-state index contributed by atoms with van der Waals surface area (Å²) < 4.78 is 0. The third-order valence-corrected chi connectivity index (χ3v) is 4.88. The second-order valence-electron chi connectivity index (χ2n) is 6.85. The van der Waals surface area contributed by atoms with Crippen molar-refractivity contribution in [3.05, 3.63) is 35.4 Å². The van der Waals surface area contributed by atoms with E-state index < -0.39 is 6.04 Å². The molecule has 0 aliphatic carbocycles. The highest BCUT2D eigenvalue weighted by atomic mass is 16.2. The van der Waals surface area contributed by atoms with Crippen LogP contribution in [0.1, 0.15) is 54.4 Å². The number of rotatable bonds is 4. The molecule has 2 aliphatic rings. The zero-order valence-electron chi connectivity index (χ0n) is 14.2. The summed E-state index contributed by atoms with van der Waals surface area (Å²) in [5, 5.41) is 5.66. The zero-order chi connectivity index (χ0) is 16.8. The van der Waals surface area contributed by atoms with Gasteiger partial charge >= 0.3 is 0 Å². The maximum atomic E-state index is 12.5. The molecular formula is C19H27N3O2. The molecule has 2 N–H and O–H groups in total. The second-order valence-corrected chi connectivity index (χ2v) is 6.85. The number of carbonyl (C=O) groups excluding carboxylic acids is 2. The Bertz CT molecular complexity index is 580. The summed E-state index contributed by atoms with van der Waals surface area (Å²) in [6, 6.07) is 7.39. The van der Waals surface area contributed by atoms with Crippen LogP contribution >= 0.6 is 0 Å². The van der Waals surface area contributed by atoms with Gasteiger partial charge in [0.05, 0.1) is 0 Å². The van der Waals surface area contributed by atoms with Crippen LogP contribution in [0.5, 0.6) is 0 Å². The Morgan fingerprint density at radius 1 is 1.17 bits per heavy atom. The van der Waals surface area contributed by atoms with Crippen LogP contribution in [0.15, 0.2) is 24.3 Å². The highest BCUT2D eigenvalue weighted by Crippen LogP contribution is 2.14. The predicted molar refractivity (Wildman–Crippen MR) is 93.7 cm³/mol. The summed E-state index contributed by atoms with van der Waals surface area (Å²) >= 11 is 0. The van der Waals surface area contributed by atoms with Crippen LogP contribution in [0.25, 0.3) is 0 Å². The standard InChI is InChI=1S/C19H27N3O2/c23-18(21-17-9-6-10-20-19(17)24)16-8-5-7-15(13-16)14-22-11-3-1-2-4-12-22/h5,7-8,13,17H,1-4,6,9-12,14H2,(H,20,24)(H,21,23). The molecule has 1 aromatic rings. The van der Waals surface area contributed by atoms with Crippen molar-refractivity contribution in [3.63, 3.8) is 0 Å². The van der Waals surface area contributed by atoms with E-state index in [0.717, 1.165) is 31.6 Å². The number of hydrogen-bond donors (Lipinski definition) is 2. The molecule has 0 spiro atoms. The van der Waals surface area contributed by atoms with Crippen molar-refractivity contribution in [2.75, 3.05) is 19.6 Å². The molecule has 0 aromatic heterocycles. The van der Waals surface area contributed by atoms with Crippen LogP contribution in [-0.4, -0.2) is 42.4 Å². The monoisotopic (exact) mass is 329 g/mol. The van der Waals surface area contributed by atoms with E-state index in [4.69, 9.17) is 0 Å². The Morgan fingerprint density at radius 2 is 1.96 bits per heavy atom. The lowest BCUT2D eigenvalue weighted by Crippen LogP contribution is -2.50. The van der Waals surface area contributed by atoms with Gasteiger partial charge in [0.25, 0.3) is 5.91 Å². The third-order valence-electron chi connectivity index (χ3n) is 4.88. The minimum Gasteiger partial charge on any atom is -0.354 e. The largest absolute Gasteiger partial charge is 0.354 e. The molecule has 2 aliphatic heterocycles. The maximum absolute atomic E-state index is 12.5. The molecule has 5 heteroatoms. The molecule has 2 heterocycles. The molecule has 1 unspecified atom stereocenters. The van der Waals surface area contributed by atoms with Crippen LogP contribution in [0, 0.1) is 0 Å². The van der Waals surface area contributed by atoms with E-state index in [2.05, 4.69) is 21.6 Å². The van der Waals surface area contributed by atoms with Crippen LogP contribution < -0.4 is 10.6 Å². The van der Waals surface area contributed by atoms with Crippen molar-refractivity contribution >= 4 is 11.8 Å². The van der Waals surface area contributed by atoms with Gasteiger partial charge in [0.1, 0.15) is 6.04 Å². The van der Waals surface area contributed by atoms with Crippen LogP contribution in [-0.2, 0) is 11.3 Å². The Hall–Kier alpha value is -1.88. The third kappa shape index (κ3) is 4.57. The summed E-state index contributed by atoms with van der Waals surface area (Å²) in [6.07, 6.45) is 6.79. The number of carbonyl (C=O) groups is 2. The number of piperidine rings is 1. The van der Waals surface area contributed by atoms with Gasteiger partial charge in [-0.1, -0.05) is 25.0 Å². The Kier molecular flexibility index (Phi) is 5.86. The van der Waals surface area contributed by atoms with Gasteiger partial charge in [-0.15, -0.1) is 0 Å². The SMILES string of the molecule is O=C(NC1CCCNC1=O)c1cccc(CN2CCCCCC2)c1. The van der Waals surface area contributed by atoms with E-state index in [1.165, 1.54) is 25.7 Å². The molecule has 2 saturated heterocycles. The number of amides is 2. The summed E-state index contributed by atoms with van der Waals surface area (Å²) in [6.45, 7) is 3.87. The molecule has 1 atom stereocenters. The van der Waals surface area contributed by atoms with Gasteiger partial charge in [-0.25, -0.2) is 0 Å². The van der Waals surface area contributed by atoms with Crippen molar-refractivity contribution in [1.82, 2.24) is 15.5 Å². The fourth-order valence-electron chi connectivity index (χ4n) is 3.51. The Balaban J connectivity index is 1.61. The maximum Gasteiger partial charge on any atom is 0.251 e. The van der Waals surface area contributed by atoms with Crippen molar-refractivity contribution < 1.29 is 9.59 Å². The van der Waals surface area contributed by atoms with E-state index in [-0.39, 0.29) is 11.8 Å². The lowest BCUT2D eigenvalue weighted by Gasteiger charge is -2.23. The van der Waals surface area contributed by atoms with E-state index in [1.54, 1.807) is 0 Å². The zero-order valence-corrected chi connectivity index (χ0v) is 14.2. The molecule has 130 valence electrons. The van der Waals surface area contributed by atoms with Gasteiger partial charge in [-0.3, -0.25) is 14.5 Å². The van der Waals surface area contributed by atoms with Gasteiger partial charge < -0.3 is 10.6 Å². The first-order valence-corrected chi connectivity index (χ1v) is 9.12. The number of likely N-dealkylation sites (tertiary alicyclic amines) is 1. The molecule has 5 nitrogen and oxygen atoms in total. The number of benzene rings is 1. The van der Waals surface area contributed by atoms with Gasteiger partial charge in [0.15, 0.2) is 0 Å². The highest BCUT2D eigenvalue weighted by Gasteiger charge is 2.24. The van der Waals surface area contributed by atoms with Crippen LogP contribution in [0.2, 0.25) is 0 Å². The number of nitrogens with zero attached hydrogens (tertiary/aromatic N) is 1. The molecule has 3 rings (SSSR count). The Labute approximate surface area is 143 Å². The average molecular weight is 329 g/mol. The van der Waals surface area contributed by atoms with Crippen molar-refractivity contribution in [2.24, 2.45) is 0 Å². The summed E-state index contributed by atoms with van der Waals surface area (Å²) in [4.78, 5) is 26.7. The van der Waals surface area contributed by atoms with E-state index in [0.29, 0.717) is 18.5 Å². The second kappa shape index (κ2) is 8.29. The quantitative estimate of drug-likeness (QED) is 0.889. The summed E-state index contributed by atoms with van der Waals surface area (Å²) in [5.74, 6) is -0.231. The summed E-state index contributed by atoms with van der Waals surface area (Å²) in [7, 11) is 0. The average Bonchev–Trinajstić information content (AvgIpc) is 2.86. The first kappa shape index (κ1) is 17.0. The molecule has 24 heavy (non-hydrogen) atoms. The van der Waals surface area contributed by atoms with Gasteiger partial charge in [0.2, 0.25) is 5.91 Å². The van der Waals surface area contributed by atoms with Crippen molar-refractivity contribution in [3.8, 4) is 0 Å². The van der Waals surface area contributed by atoms with Crippen LogP contribution in [0.4, 0.5) is 0 Å². The molecule has 2 amide bonds. The van der Waals surface area contributed by atoms with Crippen molar-refractivity contribution in [2.45, 2.75) is 51.1 Å². The highest BCUT2D eigenvalue weighted by molar-refractivity contribution is 5.97. The smallest absolute Gasteiger partial charge is 0.251 e. The first-order chi connectivity index (χ1) is 11.7. The van der Waals surface area contributed by atoms with Crippen LogP contribution in [0.3, 0.4) is 0 Å². The molecule has 1 aromatic carbocycles. The molecule has 2 fully saturated rings. The molecule has 0 radical (unpaired) electrons. The predicted octanol–water partition coefficient (Wildman–Crippen LogP) is 2.07. The van der Waals surface area contributed by atoms with E-state index in [9.17, 15) is 9.59 Å². The normalized spacial score (nSPS) is 22.5. The fourth-order valence-corrected chi connectivity index (χ4v) is 3.51. The molecule has 0 bridgehead atoms. The van der Waals surface area contributed by atoms with Gasteiger partial charge in [-0.05, 0) is 56.5 Å². The summed E-state index contributed by atoms with van der Waals surface area (Å²) in [5.41, 5.74) is 1.80. The van der Waals surface area contributed by atoms with E-state index >= 15 is 0 Å². The van der Waals surface area contributed by atoms with Gasteiger partial charge in [-0.2, -0.15) is 0 Å². The Morgan fingerprint density at radius 3 is 2.71 bits per heavy atom. The lowest BCUT2D eigenvalue weighted by atomic mass is 10.1. The first-order valence-electron chi connectivity index (χ1n) is 9.12. The van der Waals surface area contributed by atoms with Crippen molar-refractivity contribution in [1.29, 1.82) is 0 Å². The number of nitrogens with one attached hydrogen (secondary N) is 2. The molecule has 0 saturated carbocycles. The lowest BCUT2D eigenvalue weighted by molar-refractivity contribution is -0.124. The van der Waals surface area contributed by atoms with E-state index in [1.807, 2.05) is 18.2 Å². The topological polar surface area (TPSA) is 61.4 Å². The minimum absolute atomic E-state index is 0.0738. The van der Waals surface area contributed by atoms with Gasteiger partial charge in [0, 0.05) is 18.7 Å². The fraction of sp³-hybridized carbons (Fsp3) is 0.579. The minimum atomic E-state index is -0.402. The number of hydrogen-bond acceptors (Lipinski definition) is 3.